The second-order valence-electron chi connectivity index (χ2n) is 6.36. The normalized spacial score (nSPS) is 22.0. The van der Waals surface area contributed by atoms with Crippen LogP contribution in [-0.2, 0) is 6.42 Å². The lowest BCUT2D eigenvalue weighted by atomic mass is 10.0. The minimum Gasteiger partial charge on any atom is -0.311 e. The van der Waals surface area contributed by atoms with Crippen molar-refractivity contribution in [3.05, 3.63) is 61.3 Å². The molecule has 0 saturated carbocycles. The number of quaternary nitrogens is 1. The third-order valence-corrected chi connectivity index (χ3v) is 6.05. The Morgan fingerprint density at radius 1 is 1.28 bits per heavy atom. The van der Waals surface area contributed by atoms with Crippen molar-refractivity contribution >= 4 is 28.8 Å². The van der Waals surface area contributed by atoms with Crippen LogP contribution in [0.4, 0.5) is 5.69 Å². The van der Waals surface area contributed by atoms with Gasteiger partial charge < -0.3 is 4.90 Å². The van der Waals surface area contributed by atoms with Crippen molar-refractivity contribution in [1.29, 1.82) is 0 Å². The molecule has 2 aliphatic rings. The number of hydrogen-bond acceptors (Lipinski definition) is 5. The third kappa shape index (κ3) is 2.45. The minimum atomic E-state index is -0.559. The number of imide groups is 1. The average Bonchev–Trinajstić information content (AvgIpc) is 3.16. The maximum absolute atomic E-state index is 12.6. The van der Waals surface area contributed by atoms with Crippen LogP contribution in [0.25, 0.3) is 0 Å². The lowest BCUT2D eigenvalue weighted by Crippen LogP contribution is -3.14. The number of fused-ring (bicyclic) bond motifs is 2. The van der Waals surface area contributed by atoms with Gasteiger partial charge in [-0.05, 0) is 24.4 Å². The van der Waals surface area contributed by atoms with Gasteiger partial charge in [0.05, 0.1) is 22.6 Å². The molecule has 1 aromatic heterocycles. The summed E-state index contributed by atoms with van der Waals surface area (Å²) in [5, 5.41) is 13.0. The number of non-ortho nitro benzene ring substituents is 1. The quantitative estimate of drug-likeness (QED) is 0.511. The van der Waals surface area contributed by atoms with Crippen molar-refractivity contribution in [1.82, 2.24) is 4.90 Å². The van der Waals surface area contributed by atoms with Crippen LogP contribution in [0.2, 0.25) is 0 Å². The molecule has 1 unspecified atom stereocenters. The highest BCUT2D eigenvalue weighted by Crippen LogP contribution is 2.27. The summed E-state index contributed by atoms with van der Waals surface area (Å²) in [5.41, 5.74) is 1.47. The van der Waals surface area contributed by atoms with Crippen LogP contribution in [-0.4, -0.2) is 34.9 Å². The van der Waals surface area contributed by atoms with Gasteiger partial charge in [0, 0.05) is 29.0 Å². The highest BCUT2D eigenvalue weighted by Gasteiger charge is 2.40. The Kier molecular flexibility index (Phi) is 3.66. The molecule has 0 saturated heterocycles. The van der Waals surface area contributed by atoms with Crippen LogP contribution < -0.4 is 4.90 Å². The number of rotatable bonds is 3. The van der Waals surface area contributed by atoms with Gasteiger partial charge in [-0.15, -0.1) is 11.3 Å². The highest BCUT2D eigenvalue weighted by atomic mass is 32.1. The summed E-state index contributed by atoms with van der Waals surface area (Å²) in [6.45, 7) is 3.22. The lowest BCUT2D eigenvalue weighted by molar-refractivity contribution is -0.938. The van der Waals surface area contributed by atoms with Gasteiger partial charge in [-0.1, -0.05) is 0 Å². The second kappa shape index (κ2) is 5.75. The Morgan fingerprint density at radius 2 is 2.04 bits per heavy atom. The van der Waals surface area contributed by atoms with E-state index in [-0.39, 0.29) is 35.4 Å². The van der Waals surface area contributed by atoms with Crippen molar-refractivity contribution in [2.45, 2.75) is 19.4 Å². The molecule has 2 aromatic rings. The molecule has 0 spiro atoms. The van der Waals surface area contributed by atoms with Gasteiger partial charge in [0.25, 0.3) is 17.5 Å². The molecule has 2 atom stereocenters. The van der Waals surface area contributed by atoms with Crippen molar-refractivity contribution in [2.24, 2.45) is 0 Å². The standard InChI is InChI=1S/C17H15N3O4S/c1-10-12-5-7-25-15(12)4-6-18(10)9-19-16(21)13-3-2-11(20(23)24)8-14(13)17(19)22/h2-3,5,7-8,10H,4,6,9H2,1H3/p+1/t10-/m0/s1. The average molecular weight is 358 g/mol. The molecule has 7 nitrogen and oxygen atoms in total. The summed E-state index contributed by atoms with van der Waals surface area (Å²) in [5.74, 6) is -0.815. The summed E-state index contributed by atoms with van der Waals surface area (Å²) in [4.78, 5) is 39.3. The molecule has 1 N–H and O–H groups in total. The molecule has 4 rings (SSSR count). The molecule has 0 fully saturated rings. The molecule has 128 valence electrons. The number of carbonyl (C=O) groups excluding carboxylic acids is 2. The van der Waals surface area contributed by atoms with Crippen LogP contribution >= 0.6 is 11.3 Å². The molecule has 0 radical (unpaired) electrons. The first kappa shape index (κ1) is 15.9. The van der Waals surface area contributed by atoms with E-state index in [1.807, 2.05) is 0 Å². The lowest BCUT2D eigenvalue weighted by Gasteiger charge is -2.32. The first-order valence-electron chi connectivity index (χ1n) is 8.03. The van der Waals surface area contributed by atoms with E-state index in [9.17, 15) is 19.7 Å². The number of amides is 2. The molecule has 25 heavy (non-hydrogen) atoms. The zero-order chi connectivity index (χ0) is 17.7. The van der Waals surface area contributed by atoms with Crippen molar-refractivity contribution in [3.63, 3.8) is 0 Å². The van der Waals surface area contributed by atoms with Gasteiger partial charge in [0.2, 0.25) is 0 Å². The molecule has 0 aliphatic carbocycles. The molecule has 2 amide bonds. The van der Waals surface area contributed by atoms with E-state index >= 15 is 0 Å². The third-order valence-electron chi connectivity index (χ3n) is 5.06. The summed E-state index contributed by atoms with van der Waals surface area (Å²) in [6, 6.07) is 6.15. The van der Waals surface area contributed by atoms with E-state index in [0.29, 0.717) is 0 Å². The molecule has 3 heterocycles. The van der Waals surface area contributed by atoms with Crippen molar-refractivity contribution < 1.29 is 19.4 Å². The number of nitro benzene ring substituents is 1. The summed E-state index contributed by atoms with van der Waals surface area (Å²) < 4.78 is 0. The Bertz CT molecular complexity index is 907. The number of nitrogens with zero attached hydrogens (tertiary/aromatic N) is 2. The molecule has 1 aromatic carbocycles. The van der Waals surface area contributed by atoms with Gasteiger partial charge in [0.15, 0.2) is 6.67 Å². The Labute approximate surface area is 147 Å². The number of nitrogens with one attached hydrogen (secondary N) is 1. The van der Waals surface area contributed by atoms with E-state index in [1.165, 1.54) is 33.5 Å². The maximum atomic E-state index is 12.6. The van der Waals surface area contributed by atoms with E-state index in [0.717, 1.165) is 17.9 Å². The Morgan fingerprint density at radius 3 is 2.80 bits per heavy atom. The summed E-state index contributed by atoms with van der Waals surface area (Å²) in [7, 11) is 0. The molecule has 0 bridgehead atoms. The monoisotopic (exact) mass is 358 g/mol. The maximum Gasteiger partial charge on any atom is 0.270 e. The fourth-order valence-corrected chi connectivity index (χ4v) is 4.58. The minimum absolute atomic E-state index is 0.125. The largest absolute Gasteiger partial charge is 0.311 e. The number of carbonyl (C=O) groups is 2. The fraction of sp³-hybridized carbons (Fsp3) is 0.294. The number of nitro groups is 1. The number of hydrogen-bond donors (Lipinski definition) is 1. The van der Waals surface area contributed by atoms with E-state index in [1.54, 1.807) is 11.3 Å². The number of thiophene rings is 1. The van der Waals surface area contributed by atoms with Crippen molar-refractivity contribution in [3.8, 4) is 0 Å². The topological polar surface area (TPSA) is 85.0 Å². The van der Waals surface area contributed by atoms with Crippen molar-refractivity contribution in [2.75, 3.05) is 13.2 Å². The van der Waals surface area contributed by atoms with E-state index in [2.05, 4.69) is 18.4 Å². The Hall–Kier alpha value is -2.58. The van der Waals surface area contributed by atoms with Gasteiger partial charge in [-0.25, -0.2) is 4.90 Å². The van der Waals surface area contributed by atoms with E-state index in [4.69, 9.17) is 0 Å². The molecular formula is C17H16N3O4S+. The first-order valence-corrected chi connectivity index (χ1v) is 8.91. The smallest absolute Gasteiger partial charge is 0.270 e. The predicted octanol–water partition coefficient (Wildman–Crippen LogP) is 1.41. The zero-order valence-electron chi connectivity index (χ0n) is 13.5. The Balaban J connectivity index is 1.59. The molecular weight excluding hydrogens is 342 g/mol. The van der Waals surface area contributed by atoms with Crippen LogP contribution in [0.15, 0.2) is 29.6 Å². The van der Waals surface area contributed by atoms with Crippen LogP contribution in [0.3, 0.4) is 0 Å². The second-order valence-corrected chi connectivity index (χ2v) is 7.36. The molecule has 8 heteroatoms. The van der Waals surface area contributed by atoms with Gasteiger partial charge >= 0.3 is 0 Å². The van der Waals surface area contributed by atoms with E-state index < -0.39 is 10.8 Å². The van der Waals surface area contributed by atoms with Gasteiger partial charge in [-0.2, -0.15) is 0 Å². The predicted molar refractivity (Wildman–Crippen MR) is 90.7 cm³/mol. The SMILES string of the molecule is C[C@H]1c2ccsc2CC[NH+]1CN1C(=O)c2ccc([N+](=O)[O-])cc2C1=O. The number of benzene rings is 1. The molecule has 2 aliphatic heterocycles. The van der Waals surface area contributed by atoms with Crippen LogP contribution in [0, 0.1) is 10.1 Å². The zero-order valence-corrected chi connectivity index (χ0v) is 14.3. The fourth-order valence-electron chi connectivity index (χ4n) is 3.60. The first-order chi connectivity index (χ1) is 12.0. The van der Waals surface area contributed by atoms with Crippen LogP contribution in [0.1, 0.15) is 44.1 Å². The highest BCUT2D eigenvalue weighted by molar-refractivity contribution is 7.10. The van der Waals surface area contributed by atoms with Gasteiger partial charge in [-0.3, -0.25) is 19.7 Å². The van der Waals surface area contributed by atoms with Crippen LogP contribution in [0.5, 0.6) is 0 Å². The summed E-state index contributed by atoms with van der Waals surface area (Å²) in [6.07, 6.45) is 0.932. The summed E-state index contributed by atoms with van der Waals surface area (Å²) >= 11 is 1.74. The van der Waals surface area contributed by atoms with Gasteiger partial charge in [0.1, 0.15) is 6.04 Å².